The molecule has 0 saturated carbocycles. The van der Waals surface area contributed by atoms with Crippen LogP contribution in [0.1, 0.15) is 28.9 Å². The van der Waals surface area contributed by atoms with Crippen molar-refractivity contribution in [3.63, 3.8) is 0 Å². The van der Waals surface area contributed by atoms with Crippen LogP contribution in [0.25, 0.3) is 0 Å². The van der Waals surface area contributed by atoms with Crippen LogP contribution < -0.4 is 0 Å². The first kappa shape index (κ1) is 14.9. The largest absolute Gasteiger partial charge is 0.388 e. The zero-order valence-electron chi connectivity index (χ0n) is 11.5. The molecule has 5 heteroatoms. The fraction of sp³-hybridized carbons (Fsp3) is 0.188. The van der Waals surface area contributed by atoms with Crippen molar-refractivity contribution < 1.29 is 14.8 Å². The van der Waals surface area contributed by atoms with Gasteiger partial charge in [0.15, 0.2) is 5.78 Å². The van der Waals surface area contributed by atoms with Crippen molar-refractivity contribution in [2.75, 3.05) is 0 Å². The number of carbonyl (C=O) groups excluding carboxylic acids is 1. The quantitative estimate of drug-likeness (QED) is 0.520. The number of nitro groups is 1. The Labute approximate surface area is 122 Å². The summed E-state index contributed by atoms with van der Waals surface area (Å²) in [6, 6.07) is 14.3. The average Bonchev–Trinajstić information content (AvgIpc) is 2.53. The minimum absolute atomic E-state index is 0.0482. The lowest BCUT2D eigenvalue weighted by atomic mass is 9.90. The van der Waals surface area contributed by atoms with Crippen LogP contribution in [-0.2, 0) is 0 Å². The molecular weight excluding hydrogens is 270 g/mol. The fourth-order valence-electron chi connectivity index (χ4n) is 2.09. The number of non-ortho nitro benzene ring substituents is 1. The topological polar surface area (TPSA) is 80.4 Å². The highest BCUT2D eigenvalue weighted by Gasteiger charge is 2.24. The van der Waals surface area contributed by atoms with Gasteiger partial charge in [-0.1, -0.05) is 37.3 Å². The van der Waals surface area contributed by atoms with Crippen LogP contribution in [0, 0.1) is 16.0 Å². The summed E-state index contributed by atoms with van der Waals surface area (Å²) in [6.45, 7) is 1.64. The van der Waals surface area contributed by atoms with E-state index < -0.39 is 16.9 Å². The molecule has 0 spiro atoms. The van der Waals surface area contributed by atoms with Crippen LogP contribution in [0.4, 0.5) is 5.69 Å². The first-order chi connectivity index (χ1) is 10.0. The monoisotopic (exact) mass is 285 g/mol. The summed E-state index contributed by atoms with van der Waals surface area (Å²) < 4.78 is 0. The summed E-state index contributed by atoms with van der Waals surface area (Å²) in [5.41, 5.74) is 0.969. The van der Waals surface area contributed by atoms with Gasteiger partial charge in [-0.3, -0.25) is 14.9 Å². The SMILES string of the molecule is C[C@@H](C(=O)c1ccccc1)[C@H](O)c1ccc([N+](=O)[O-])cc1. The minimum Gasteiger partial charge on any atom is -0.388 e. The Morgan fingerprint density at radius 2 is 1.67 bits per heavy atom. The Bertz CT molecular complexity index is 637. The molecule has 0 amide bonds. The molecule has 0 aliphatic rings. The third kappa shape index (κ3) is 3.32. The van der Waals surface area contributed by atoms with E-state index in [9.17, 15) is 20.0 Å². The van der Waals surface area contributed by atoms with Gasteiger partial charge < -0.3 is 5.11 Å². The van der Waals surface area contributed by atoms with Gasteiger partial charge in [-0.15, -0.1) is 0 Å². The average molecular weight is 285 g/mol. The number of nitro benzene ring substituents is 1. The number of rotatable bonds is 5. The number of nitrogens with zero attached hydrogens (tertiary/aromatic N) is 1. The van der Waals surface area contributed by atoms with Gasteiger partial charge >= 0.3 is 0 Å². The maximum Gasteiger partial charge on any atom is 0.269 e. The molecule has 21 heavy (non-hydrogen) atoms. The van der Waals surface area contributed by atoms with Crippen LogP contribution in [0.15, 0.2) is 54.6 Å². The molecule has 0 bridgehead atoms. The van der Waals surface area contributed by atoms with Crippen molar-refractivity contribution in [3.05, 3.63) is 75.8 Å². The normalized spacial score (nSPS) is 13.4. The van der Waals surface area contributed by atoms with E-state index in [-0.39, 0.29) is 11.5 Å². The molecule has 2 aromatic rings. The molecule has 5 nitrogen and oxygen atoms in total. The fourth-order valence-corrected chi connectivity index (χ4v) is 2.09. The van der Waals surface area contributed by atoms with Gasteiger partial charge in [0.25, 0.3) is 5.69 Å². The number of aliphatic hydroxyl groups is 1. The highest BCUT2D eigenvalue weighted by Crippen LogP contribution is 2.26. The van der Waals surface area contributed by atoms with E-state index in [4.69, 9.17) is 0 Å². The molecule has 0 unspecified atom stereocenters. The second-order valence-electron chi connectivity index (χ2n) is 4.81. The first-order valence-corrected chi connectivity index (χ1v) is 6.52. The van der Waals surface area contributed by atoms with Crippen molar-refractivity contribution in [1.29, 1.82) is 0 Å². The van der Waals surface area contributed by atoms with Crippen LogP contribution in [-0.4, -0.2) is 15.8 Å². The summed E-state index contributed by atoms with van der Waals surface area (Å²) >= 11 is 0. The molecule has 0 aromatic heterocycles. The van der Waals surface area contributed by atoms with Crippen molar-refractivity contribution in [3.8, 4) is 0 Å². The lowest BCUT2D eigenvalue weighted by Crippen LogP contribution is -2.19. The lowest BCUT2D eigenvalue weighted by Gasteiger charge is -2.18. The van der Waals surface area contributed by atoms with Crippen molar-refractivity contribution in [2.24, 2.45) is 5.92 Å². The van der Waals surface area contributed by atoms with Gasteiger partial charge in [-0.25, -0.2) is 0 Å². The van der Waals surface area contributed by atoms with Crippen LogP contribution in [0.3, 0.4) is 0 Å². The molecular formula is C16H15NO4. The summed E-state index contributed by atoms with van der Waals surface area (Å²) in [6.07, 6.45) is -1.00. The van der Waals surface area contributed by atoms with Crippen LogP contribution in [0.2, 0.25) is 0 Å². The highest BCUT2D eigenvalue weighted by atomic mass is 16.6. The van der Waals surface area contributed by atoms with Gasteiger partial charge in [0, 0.05) is 23.6 Å². The third-order valence-corrected chi connectivity index (χ3v) is 3.39. The smallest absolute Gasteiger partial charge is 0.269 e. The minimum atomic E-state index is -1.00. The second kappa shape index (κ2) is 6.28. The van der Waals surface area contributed by atoms with E-state index in [1.165, 1.54) is 24.3 Å². The van der Waals surface area contributed by atoms with Crippen LogP contribution >= 0.6 is 0 Å². The van der Waals surface area contributed by atoms with E-state index in [1.54, 1.807) is 31.2 Å². The molecule has 0 aliphatic heterocycles. The number of hydrogen-bond acceptors (Lipinski definition) is 4. The van der Waals surface area contributed by atoms with Gasteiger partial charge in [0.2, 0.25) is 0 Å². The number of ketones is 1. The number of benzene rings is 2. The number of carbonyl (C=O) groups is 1. The van der Waals surface area contributed by atoms with E-state index in [0.29, 0.717) is 11.1 Å². The van der Waals surface area contributed by atoms with E-state index in [1.807, 2.05) is 6.07 Å². The third-order valence-electron chi connectivity index (χ3n) is 3.39. The van der Waals surface area contributed by atoms with E-state index >= 15 is 0 Å². The van der Waals surface area contributed by atoms with Gasteiger partial charge in [-0.05, 0) is 17.7 Å². The molecule has 0 fully saturated rings. The maximum absolute atomic E-state index is 12.3. The number of hydrogen-bond donors (Lipinski definition) is 1. The Balaban J connectivity index is 2.17. The molecule has 108 valence electrons. The number of aliphatic hydroxyl groups excluding tert-OH is 1. The van der Waals surface area contributed by atoms with Crippen molar-refractivity contribution >= 4 is 11.5 Å². The summed E-state index contributed by atoms with van der Waals surface area (Å²) in [7, 11) is 0. The lowest BCUT2D eigenvalue weighted by molar-refractivity contribution is -0.384. The molecule has 2 aromatic carbocycles. The zero-order valence-corrected chi connectivity index (χ0v) is 11.5. The van der Waals surface area contributed by atoms with Gasteiger partial charge in [0.05, 0.1) is 11.0 Å². The molecule has 0 saturated heterocycles. The molecule has 1 N–H and O–H groups in total. The van der Waals surface area contributed by atoms with E-state index in [0.717, 1.165) is 0 Å². The molecule has 0 radical (unpaired) electrons. The Morgan fingerprint density at radius 3 is 2.19 bits per heavy atom. The molecule has 0 aliphatic carbocycles. The highest BCUT2D eigenvalue weighted by molar-refractivity contribution is 5.98. The summed E-state index contributed by atoms with van der Waals surface area (Å²) in [5, 5.41) is 20.9. The standard InChI is InChI=1S/C16H15NO4/c1-11(15(18)12-5-3-2-4-6-12)16(19)13-7-9-14(10-8-13)17(20)21/h2-11,16,19H,1H3/t11-,16-/m0/s1. The summed E-state index contributed by atoms with van der Waals surface area (Å²) in [4.78, 5) is 22.4. The predicted octanol–water partition coefficient (Wildman–Crippen LogP) is 3.15. The number of Topliss-reactive ketones (excluding diaryl/α,β-unsaturated/α-hetero) is 1. The van der Waals surface area contributed by atoms with Gasteiger partial charge in [-0.2, -0.15) is 0 Å². The van der Waals surface area contributed by atoms with Gasteiger partial charge in [0.1, 0.15) is 0 Å². The van der Waals surface area contributed by atoms with Crippen LogP contribution in [0.5, 0.6) is 0 Å². The zero-order chi connectivity index (χ0) is 15.4. The Kier molecular flexibility index (Phi) is 4.45. The Morgan fingerprint density at radius 1 is 1.10 bits per heavy atom. The van der Waals surface area contributed by atoms with E-state index in [2.05, 4.69) is 0 Å². The predicted molar refractivity (Wildman–Crippen MR) is 78.0 cm³/mol. The molecule has 2 atom stereocenters. The second-order valence-corrected chi connectivity index (χ2v) is 4.81. The Hall–Kier alpha value is -2.53. The summed E-state index contributed by atoms with van der Waals surface area (Å²) in [5.74, 6) is -0.796. The van der Waals surface area contributed by atoms with Crippen molar-refractivity contribution in [2.45, 2.75) is 13.0 Å². The first-order valence-electron chi connectivity index (χ1n) is 6.52. The maximum atomic E-state index is 12.3. The van der Waals surface area contributed by atoms with Crippen molar-refractivity contribution in [1.82, 2.24) is 0 Å². The molecule has 0 heterocycles. The molecule has 2 rings (SSSR count).